The van der Waals surface area contributed by atoms with E-state index in [0.29, 0.717) is 33.4 Å². The number of ether oxygens (including phenoxy) is 2. The number of nitrogens with one attached hydrogen (secondary N) is 1. The van der Waals surface area contributed by atoms with Crippen molar-refractivity contribution in [3.63, 3.8) is 0 Å². The monoisotopic (exact) mass is 689 g/mol. The molecule has 1 aliphatic rings. The number of Topliss-reactive ketones (excluding diaryl/α,β-unsaturated/α-hetero) is 1. The Labute approximate surface area is 293 Å². The third-order valence-corrected chi connectivity index (χ3v) is 9.19. The van der Waals surface area contributed by atoms with Crippen molar-refractivity contribution < 1.29 is 28.7 Å². The summed E-state index contributed by atoms with van der Waals surface area (Å²) in [7, 11) is 6.83. The van der Waals surface area contributed by atoms with E-state index in [0.717, 1.165) is 21.8 Å². The highest BCUT2D eigenvalue weighted by Gasteiger charge is 2.40. The number of hydrogen-bond donors (Lipinski definition) is 1. The molecule has 0 aliphatic carbocycles. The number of ketones is 1. The van der Waals surface area contributed by atoms with Crippen LogP contribution in [0.4, 0.5) is 17.1 Å². The Morgan fingerprint density at radius 1 is 0.880 bits per heavy atom. The van der Waals surface area contributed by atoms with Crippen molar-refractivity contribution in [1.82, 2.24) is 9.88 Å². The van der Waals surface area contributed by atoms with Crippen molar-refractivity contribution in [1.29, 1.82) is 0 Å². The van der Waals surface area contributed by atoms with Crippen LogP contribution in [0.25, 0.3) is 11.3 Å². The summed E-state index contributed by atoms with van der Waals surface area (Å²) >= 11 is 1.35. The van der Waals surface area contributed by atoms with Gasteiger partial charge in [-0.1, -0.05) is 48.5 Å². The van der Waals surface area contributed by atoms with Crippen LogP contribution in [0.2, 0.25) is 0 Å². The number of nitrogens with zero attached hydrogens (tertiary/aromatic N) is 4. The highest BCUT2D eigenvalue weighted by atomic mass is 32.1. The molecule has 0 spiro atoms. The second-order valence-corrected chi connectivity index (χ2v) is 12.6. The fourth-order valence-electron chi connectivity index (χ4n) is 5.77. The maximum atomic E-state index is 14.6. The zero-order valence-corrected chi connectivity index (χ0v) is 28.8. The summed E-state index contributed by atoms with van der Waals surface area (Å²) in [5.74, 6) is -1.78. The molecule has 0 saturated heterocycles. The van der Waals surface area contributed by atoms with Gasteiger partial charge in [-0.25, -0.2) is 4.98 Å². The lowest BCUT2D eigenvalue weighted by Crippen LogP contribution is -2.46. The number of hydrogen-bond acceptors (Lipinski definition) is 9. The Morgan fingerprint density at radius 3 is 2.28 bits per heavy atom. The second-order valence-electron chi connectivity index (χ2n) is 11.7. The van der Waals surface area contributed by atoms with Crippen LogP contribution in [0, 0.1) is 0 Å². The first-order chi connectivity index (χ1) is 24.2. The summed E-state index contributed by atoms with van der Waals surface area (Å²) in [6, 6.07) is 27.3. The number of amides is 3. The lowest BCUT2D eigenvalue weighted by molar-refractivity contribution is -0.139. The van der Waals surface area contributed by atoms with Crippen molar-refractivity contribution in [2.75, 3.05) is 50.0 Å². The first-order valence-electron chi connectivity index (χ1n) is 15.7. The summed E-state index contributed by atoms with van der Waals surface area (Å²) in [5, 5.41) is 5.43. The lowest BCUT2D eigenvalue weighted by atomic mass is 10.0. The third-order valence-electron chi connectivity index (χ3n) is 8.35. The normalized spacial score (nSPS) is 12.7. The Morgan fingerprint density at radius 2 is 1.58 bits per heavy atom. The van der Waals surface area contributed by atoms with Gasteiger partial charge in [0.15, 0.2) is 11.5 Å². The van der Waals surface area contributed by atoms with Gasteiger partial charge in [-0.05, 0) is 54.1 Å². The molecule has 4 aromatic carbocycles. The molecule has 3 amide bonds. The van der Waals surface area contributed by atoms with Crippen molar-refractivity contribution in [2.45, 2.75) is 12.6 Å². The fraction of sp³-hybridized carbons (Fsp3) is 0.184. The standard InChI is InChI=1S/C38H35N5O6S/c1-41(2)27-17-15-26(16-18-27)39-37(46)35(25-14-19-31(48-3)32(20-25)49-4)43(21-33-40-29(23-50-33)24-10-6-5-7-11-24)34(44)22-42-30-13-9-8-12-28(30)36(45)38(42)47/h5-20,23,35H,21-22H2,1-4H3,(H,39,46)/t35-/m1/s1. The molecular formula is C38H35N5O6S. The van der Waals surface area contributed by atoms with Crippen molar-refractivity contribution in [3.8, 4) is 22.8 Å². The number of para-hydroxylation sites is 1. The number of fused-ring (bicyclic) bond motifs is 1. The average molecular weight is 690 g/mol. The number of benzene rings is 4. The number of carbonyl (C=O) groups is 4. The van der Waals surface area contributed by atoms with Gasteiger partial charge in [0.1, 0.15) is 17.6 Å². The first-order valence-corrected chi connectivity index (χ1v) is 16.6. The number of thiazole rings is 1. The van der Waals surface area contributed by atoms with Gasteiger partial charge in [0, 0.05) is 36.4 Å². The molecule has 0 unspecified atom stereocenters. The molecule has 1 aromatic heterocycles. The third kappa shape index (κ3) is 6.92. The van der Waals surface area contributed by atoms with Crippen LogP contribution in [0.15, 0.2) is 102 Å². The van der Waals surface area contributed by atoms with Crippen molar-refractivity contribution >= 4 is 51.9 Å². The molecule has 0 saturated carbocycles. The van der Waals surface area contributed by atoms with E-state index in [1.165, 1.54) is 30.5 Å². The molecule has 11 nitrogen and oxygen atoms in total. The van der Waals surface area contributed by atoms with E-state index in [2.05, 4.69) is 5.32 Å². The van der Waals surface area contributed by atoms with Crippen LogP contribution < -0.4 is 24.6 Å². The van der Waals surface area contributed by atoms with E-state index in [4.69, 9.17) is 14.5 Å². The van der Waals surface area contributed by atoms with Crippen LogP contribution in [-0.4, -0.2) is 68.2 Å². The van der Waals surface area contributed by atoms with Crippen LogP contribution in [0.5, 0.6) is 11.5 Å². The zero-order chi connectivity index (χ0) is 35.4. The maximum Gasteiger partial charge on any atom is 0.299 e. The lowest BCUT2D eigenvalue weighted by Gasteiger charge is -2.32. The Bertz CT molecular complexity index is 2050. The molecule has 1 aliphatic heterocycles. The van der Waals surface area contributed by atoms with Crippen molar-refractivity contribution in [3.05, 3.63) is 119 Å². The van der Waals surface area contributed by atoms with Gasteiger partial charge in [-0.15, -0.1) is 11.3 Å². The van der Waals surface area contributed by atoms with E-state index >= 15 is 0 Å². The zero-order valence-electron chi connectivity index (χ0n) is 28.0. The number of aromatic nitrogens is 1. The topological polar surface area (TPSA) is 121 Å². The summed E-state index contributed by atoms with van der Waals surface area (Å²) in [6.45, 7) is -0.549. The smallest absolute Gasteiger partial charge is 0.299 e. The number of anilines is 3. The fourth-order valence-corrected chi connectivity index (χ4v) is 6.58. The van der Waals surface area contributed by atoms with Crippen LogP contribution in [-0.2, 0) is 20.9 Å². The SMILES string of the molecule is COc1ccc([C@H](C(=O)Nc2ccc(N(C)C)cc2)N(Cc2nc(-c3ccccc3)cs2)C(=O)CN2C(=O)C(=O)c3ccccc32)cc1OC. The molecule has 0 fully saturated rings. The van der Waals surface area contributed by atoms with Gasteiger partial charge < -0.3 is 24.6 Å². The first kappa shape index (κ1) is 33.9. The molecule has 254 valence electrons. The van der Waals surface area contributed by atoms with E-state index in [-0.39, 0.29) is 12.1 Å². The van der Waals surface area contributed by atoms with Gasteiger partial charge in [0.25, 0.3) is 17.6 Å². The van der Waals surface area contributed by atoms with E-state index in [9.17, 15) is 19.2 Å². The molecular weight excluding hydrogens is 655 g/mol. The van der Waals surface area contributed by atoms with Crippen LogP contribution in [0.3, 0.4) is 0 Å². The molecule has 0 bridgehead atoms. The minimum absolute atomic E-state index is 0.0695. The molecule has 12 heteroatoms. The highest BCUT2D eigenvalue weighted by molar-refractivity contribution is 7.09. The Hall–Kier alpha value is -6.01. The number of carbonyl (C=O) groups excluding carboxylic acids is 4. The quantitative estimate of drug-likeness (QED) is 0.163. The molecule has 2 heterocycles. The summed E-state index contributed by atoms with van der Waals surface area (Å²) in [6.07, 6.45) is 0. The summed E-state index contributed by atoms with van der Waals surface area (Å²) < 4.78 is 11.0. The van der Waals surface area contributed by atoms with E-state index in [1.807, 2.05) is 66.8 Å². The van der Waals surface area contributed by atoms with Gasteiger partial charge in [0.2, 0.25) is 5.91 Å². The summed E-state index contributed by atoms with van der Waals surface area (Å²) in [5.41, 5.74) is 4.08. The van der Waals surface area contributed by atoms with E-state index < -0.39 is 36.1 Å². The number of rotatable bonds is 12. The van der Waals surface area contributed by atoms with Gasteiger partial charge in [0.05, 0.1) is 37.7 Å². The largest absolute Gasteiger partial charge is 0.493 e. The molecule has 1 N–H and O–H groups in total. The second kappa shape index (κ2) is 14.6. The summed E-state index contributed by atoms with van der Waals surface area (Å²) in [4.78, 5) is 64.3. The van der Waals surface area contributed by atoms with Gasteiger partial charge >= 0.3 is 0 Å². The molecule has 6 rings (SSSR count). The Kier molecular flexibility index (Phi) is 9.91. The van der Waals surface area contributed by atoms with Crippen molar-refractivity contribution in [2.24, 2.45) is 0 Å². The molecule has 1 atom stereocenters. The highest BCUT2D eigenvalue weighted by Crippen LogP contribution is 2.35. The van der Waals surface area contributed by atoms with Crippen LogP contribution in [0.1, 0.15) is 27.0 Å². The predicted octanol–water partition coefficient (Wildman–Crippen LogP) is 5.83. The predicted molar refractivity (Wildman–Crippen MR) is 193 cm³/mol. The maximum absolute atomic E-state index is 14.6. The average Bonchev–Trinajstić information content (AvgIpc) is 3.70. The van der Waals surface area contributed by atoms with Gasteiger partial charge in [-0.3, -0.25) is 24.1 Å². The van der Waals surface area contributed by atoms with Gasteiger partial charge in [-0.2, -0.15) is 0 Å². The molecule has 5 aromatic rings. The minimum atomic E-state index is -1.22. The molecule has 0 radical (unpaired) electrons. The Balaban J connectivity index is 1.43. The van der Waals surface area contributed by atoms with E-state index in [1.54, 1.807) is 54.6 Å². The minimum Gasteiger partial charge on any atom is -0.493 e. The number of methoxy groups -OCH3 is 2. The molecule has 50 heavy (non-hydrogen) atoms. The van der Waals surface area contributed by atoms with Crippen LogP contribution >= 0.6 is 11.3 Å².